The molecule has 0 spiro atoms. The first-order chi connectivity index (χ1) is 9.86. The second-order valence-corrected chi connectivity index (χ2v) is 6.51. The van der Waals surface area contributed by atoms with Crippen LogP contribution in [0, 0.1) is 5.82 Å². The molecule has 1 fully saturated rings. The van der Waals surface area contributed by atoms with Gasteiger partial charge in [0.25, 0.3) is 0 Å². The van der Waals surface area contributed by atoms with E-state index in [2.05, 4.69) is 4.74 Å². The van der Waals surface area contributed by atoms with Crippen molar-refractivity contribution in [2.45, 2.75) is 30.4 Å². The number of nitrogens with two attached hydrogens (primary N) is 1. The van der Waals surface area contributed by atoms with Gasteiger partial charge in [-0.2, -0.15) is 13.1 Å². The number of rotatable bonds is 5. The number of benzene rings is 1. The number of alkyl halides is 2. The molecule has 5 nitrogen and oxygen atoms in total. The van der Waals surface area contributed by atoms with Crippen molar-refractivity contribution in [3.05, 3.63) is 24.0 Å². The average Bonchev–Trinajstić information content (AvgIpc) is 2.89. The first kappa shape index (κ1) is 16.1. The van der Waals surface area contributed by atoms with Gasteiger partial charge in [-0.15, -0.1) is 0 Å². The standard InChI is InChI=1S/C12H15F3N2O3S/c13-10-6-9(3-4-11(10)20-12(14)15)21(18,19)17-5-1-2-8(17)7-16/h3-4,6,8,12H,1-2,5,7,16H2. The summed E-state index contributed by atoms with van der Waals surface area (Å²) in [6, 6.07) is 2.28. The van der Waals surface area contributed by atoms with Crippen molar-refractivity contribution in [3.8, 4) is 5.75 Å². The zero-order chi connectivity index (χ0) is 15.6. The van der Waals surface area contributed by atoms with Gasteiger partial charge in [0, 0.05) is 19.1 Å². The summed E-state index contributed by atoms with van der Waals surface area (Å²) in [6.45, 7) is -2.70. The topological polar surface area (TPSA) is 72.6 Å². The Kier molecular flexibility index (Phi) is 4.74. The highest BCUT2D eigenvalue weighted by atomic mass is 32.2. The normalized spacial score (nSPS) is 20.1. The molecule has 1 heterocycles. The SMILES string of the molecule is NCC1CCCN1S(=O)(=O)c1ccc(OC(F)F)c(F)c1. The molecule has 0 aromatic heterocycles. The predicted molar refractivity (Wildman–Crippen MR) is 69.0 cm³/mol. The monoisotopic (exact) mass is 324 g/mol. The molecule has 1 aliphatic heterocycles. The lowest BCUT2D eigenvalue weighted by Gasteiger charge is -2.23. The molecular formula is C12H15F3N2O3S. The van der Waals surface area contributed by atoms with Gasteiger partial charge < -0.3 is 10.5 Å². The number of nitrogens with zero attached hydrogens (tertiary/aromatic N) is 1. The summed E-state index contributed by atoms with van der Waals surface area (Å²) in [6.07, 6.45) is 1.32. The van der Waals surface area contributed by atoms with Crippen molar-refractivity contribution >= 4 is 10.0 Å². The van der Waals surface area contributed by atoms with Crippen LogP contribution >= 0.6 is 0 Å². The first-order valence-electron chi connectivity index (χ1n) is 6.32. The van der Waals surface area contributed by atoms with E-state index in [1.54, 1.807) is 0 Å². The molecule has 0 amide bonds. The van der Waals surface area contributed by atoms with E-state index in [-0.39, 0.29) is 17.5 Å². The predicted octanol–water partition coefficient (Wildman–Crippen LogP) is 1.54. The van der Waals surface area contributed by atoms with Crippen LogP contribution in [0.4, 0.5) is 13.2 Å². The molecule has 0 saturated carbocycles. The Bertz CT molecular complexity index is 610. The lowest BCUT2D eigenvalue weighted by Crippen LogP contribution is -2.39. The van der Waals surface area contributed by atoms with E-state index in [0.29, 0.717) is 25.5 Å². The van der Waals surface area contributed by atoms with E-state index in [9.17, 15) is 21.6 Å². The Labute approximate surface area is 120 Å². The fourth-order valence-corrected chi connectivity index (χ4v) is 4.05. The number of hydrogen-bond acceptors (Lipinski definition) is 4. The van der Waals surface area contributed by atoms with Crippen LogP contribution in [0.15, 0.2) is 23.1 Å². The molecule has 1 unspecified atom stereocenters. The van der Waals surface area contributed by atoms with Gasteiger partial charge in [0.05, 0.1) is 4.90 Å². The molecule has 2 rings (SSSR count). The highest BCUT2D eigenvalue weighted by molar-refractivity contribution is 7.89. The summed E-state index contributed by atoms with van der Waals surface area (Å²) < 4.78 is 67.7. The Morgan fingerprint density at radius 3 is 2.71 bits per heavy atom. The third-order valence-electron chi connectivity index (χ3n) is 3.32. The van der Waals surface area contributed by atoms with Crippen LogP contribution in [0.3, 0.4) is 0 Å². The van der Waals surface area contributed by atoms with Crippen LogP contribution < -0.4 is 10.5 Å². The molecule has 1 saturated heterocycles. The number of ether oxygens (including phenoxy) is 1. The minimum Gasteiger partial charge on any atom is -0.432 e. The van der Waals surface area contributed by atoms with Crippen LogP contribution in [0.25, 0.3) is 0 Å². The van der Waals surface area contributed by atoms with Crippen LogP contribution in [0.1, 0.15) is 12.8 Å². The molecule has 0 radical (unpaired) electrons. The maximum absolute atomic E-state index is 13.6. The third kappa shape index (κ3) is 3.30. The van der Waals surface area contributed by atoms with Gasteiger partial charge in [-0.05, 0) is 31.0 Å². The van der Waals surface area contributed by atoms with Gasteiger partial charge in [0.1, 0.15) is 0 Å². The lowest BCUT2D eigenvalue weighted by atomic mass is 10.2. The quantitative estimate of drug-likeness (QED) is 0.892. The Balaban J connectivity index is 2.31. The molecule has 21 heavy (non-hydrogen) atoms. The zero-order valence-corrected chi connectivity index (χ0v) is 11.8. The highest BCUT2D eigenvalue weighted by Gasteiger charge is 2.34. The van der Waals surface area contributed by atoms with Crippen molar-refractivity contribution in [2.75, 3.05) is 13.1 Å². The van der Waals surface area contributed by atoms with Gasteiger partial charge in [-0.3, -0.25) is 0 Å². The second-order valence-electron chi connectivity index (χ2n) is 4.62. The molecule has 0 aliphatic carbocycles. The van der Waals surface area contributed by atoms with E-state index >= 15 is 0 Å². The molecule has 9 heteroatoms. The van der Waals surface area contributed by atoms with Crippen LogP contribution in [-0.2, 0) is 10.0 Å². The lowest BCUT2D eigenvalue weighted by molar-refractivity contribution is -0.0522. The molecule has 118 valence electrons. The third-order valence-corrected chi connectivity index (χ3v) is 5.27. The van der Waals surface area contributed by atoms with Crippen molar-refractivity contribution in [1.29, 1.82) is 0 Å². The maximum atomic E-state index is 13.6. The van der Waals surface area contributed by atoms with Gasteiger partial charge in [0.2, 0.25) is 10.0 Å². The van der Waals surface area contributed by atoms with Crippen LogP contribution in [0.2, 0.25) is 0 Å². The minimum atomic E-state index is -3.90. The fourth-order valence-electron chi connectivity index (χ4n) is 2.33. The van der Waals surface area contributed by atoms with Crippen LogP contribution in [-0.4, -0.2) is 38.5 Å². The first-order valence-corrected chi connectivity index (χ1v) is 7.76. The molecule has 0 bridgehead atoms. The molecule has 2 N–H and O–H groups in total. The molecule has 1 aromatic rings. The smallest absolute Gasteiger partial charge is 0.387 e. The van der Waals surface area contributed by atoms with Crippen molar-refractivity contribution in [2.24, 2.45) is 5.73 Å². The van der Waals surface area contributed by atoms with Gasteiger partial charge >= 0.3 is 6.61 Å². The van der Waals surface area contributed by atoms with Gasteiger partial charge in [0.15, 0.2) is 11.6 Å². The largest absolute Gasteiger partial charge is 0.432 e. The average molecular weight is 324 g/mol. The van der Waals surface area contributed by atoms with E-state index in [0.717, 1.165) is 12.1 Å². The van der Waals surface area contributed by atoms with E-state index in [1.165, 1.54) is 4.31 Å². The van der Waals surface area contributed by atoms with E-state index in [1.807, 2.05) is 0 Å². The number of sulfonamides is 1. The summed E-state index contributed by atoms with van der Waals surface area (Å²) in [5.41, 5.74) is 5.52. The van der Waals surface area contributed by atoms with Gasteiger partial charge in [-0.1, -0.05) is 0 Å². The minimum absolute atomic E-state index is 0.175. The number of hydrogen-bond donors (Lipinski definition) is 1. The maximum Gasteiger partial charge on any atom is 0.387 e. The zero-order valence-electron chi connectivity index (χ0n) is 11.0. The van der Waals surface area contributed by atoms with E-state index in [4.69, 9.17) is 5.73 Å². The highest BCUT2D eigenvalue weighted by Crippen LogP contribution is 2.28. The Morgan fingerprint density at radius 1 is 1.43 bits per heavy atom. The fraction of sp³-hybridized carbons (Fsp3) is 0.500. The Morgan fingerprint density at radius 2 is 2.14 bits per heavy atom. The summed E-state index contributed by atoms with van der Waals surface area (Å²) in [5.74, 6) is -1.85. The molecule has 1 aromatic carbocycles. The Hall–Kier alpha value is -1.32. The summed E-state index contributed by atoms with van der Waals surface area (Å²) in [4.78, 5) is -0.304. The molecule has 1 aliphatic rings. The summed E-state index contributed by atoms with van der Waals surface area (Å²) in [7, 11) is -3.90. The van der Waals surface area contributed by atoms with Gasteiger partial charge in [-0.25, -0.2) is 12.8 Å². The van der Waals surface area contributed by atoms with Crippen molar-refractivity contribution < 1.29 is 26.3 Å². The van der Waals surface area contributed by atoms with E-state index < -0.39 is 28.2 Å². The summed E-state index contributed by atoms with van der Waals surface area (Å²) in [5, 5.41) is 0. The van der Waals surface area contributed by atoms with Crippen molar-refractivity contribution in [3.63, 3.8) is 0 Å². The molecular weight excluding hydrogens is 309 g/mol. The number of halogens is 3. The summed E-state index contributed by atoms with van der Waals surface area (Å²) >= 11 is 0. The van der Waals surface area contributed by atoms with Crippen molar-refractivity contribution in [1.82, 2.24) is 4.31 Å². The van der Waals surface area contributed by atoms with Crippen LogP contribution in [0.5, 0.6) is 5.75 Å². The molecule has 1 atom stereocenters. The second kappa shape index (κ2) is 6.20.